The summed E-state index contributed by atoms with van der Waals surface area (Å²) < 4.78 is 0. The van der Waals surface area contributed by atoms with Crippen LogP contribution in [0.3, 0.4) is 0 Å². The SMILES string of the molecule is CCN(CCCCc1nc(CCl)cs1)CC1CC1. The van der Waals surface area contributed by atoms with E-state index in [1.807, 2.05) is 0 Å². The highest BCUT2D eigenvalue weighted by Crippen LogP contribution is 2.29. The zero-order chi connectivity index (χ0) is 12.8. The molecule has 0 radical (unpaired) electrons. The van der Waals surface area contributed by atoms with E-state index in [4.69, 9.17) is 11.6 Å². The average molecular weight is 287 g/mol. The third-order valence-electron chi connectivity index (χ3n) is 3.51. The predicted octanol–water partition coefficient (Wildman–Crippen LogP) is 3.94. The summed E-state index contributed by atoms with van der Waals surface area (Å²) in [5.74, 6) is 1.55. The molecule has 0 spiro atoms. The van der Waals surface area contributed by atoms with Crippen molar-refractivity contribution >= 4 is 22.9 Å². The summed E-state index contributed by atoms with van der Waals surface area (Å²) in [7, 11) is 0. The molecule has 1 aromatic heterocycles. The van der Waals surface area contributed by atoms with Gasteiger partial charge in [-0.3, -0.25) is 0 Å². The van der Waals surface area contributed by atoms with Crippen molar-refractivity contribution in [1.29, 1.82) is 0 Å². The van der Waals surface area contributed by atoms with Gasteiger partial charge in [0.1, 0.15) is 0 Å². The Bertz CT molecular complexity index is 349. The van der Waals surface area contributed by atoms with E-state index in [-0.39, 0.29) is 0 Å². The highest BCUT2D eigenvalue weighted by Gasteiger charge is 2.23. The van der Waals surface area contributed by atoms with Crippen molar-refractivity contribution < 1.29 is 0 Å². The van der Waals surface area contributed by atoms with Crippen molar-refractivity contribution in [2.24, 2.45) is 5.92 Å². The molecule has 1 fully saturated rings. The summed E-state index contributed by atoms with van der Waals surface area (Å²) in [5.41, 5.74) is 1.03. The maximum atomic E-state index is 5.75. The molecule has 1 aliphatic rings. The normalized spacial score (nSPS) is 15.5. The van der Waals surface area contributed by atoms with Gasteiger partial charge in [0.2, 0.25) is 0 Å². The Morgan fingerprint density at radius 2 is 2.28 bits per heavy atom. The fourth-order valence-electron chi connectivity index (χ4n) is 2.18. The number of thiazole rings is 1. The highest BCUT2D eigenvalue weighted by atomic mass is 35.5. The van der Waals surface area contributed by atoms with Gasteiger partial charge in [-0.15, -0.1) is 22.9 Å². The Balaban J connectivity index is 1.59. The summed E-state index contributed by atoms with van der Waals surface area (Å²) in [6, 6.07) is 0. The first-order valence-corrected chi connectivity index (χ1v) is 8.44. The molecule has 0 aromatic carbocycles. The molecule has 1 aromatic rings. The standard InChI is InChI=1S/C14H23ClN2S/c1-2-17(10-12-6-7-12)8-4-3-5-14-16-13(9-15)11-18-14/h11-12H,2-10H2,1H3. The Labute approximate surface area is 119 Å². The van der Waals surface area contributed by atoms with Crippen molar-refractivity contribution in [2.75, 3.05) is 19.6 Å². The minimum atomic E-state index is 0.543. The second-order valence-corrected chi connectivity index (χ2v) is 6.37. The van der Waals surface area contributed by atoms with Crippen LogP contribution in [0.2, 0.25) is 0 Å². The van der Waals surface area contributed by atoms with Gasteiger partial charge in [0, 0.05) is 11.9 Å². The van der Waals surface area contributed by atoms with Crippen LogP contribution in [0.1, 0.15) is 43.3 Å². The summed E-state index contributed by atoms with van der Waals surface area (Å²) in [5, 5.41) is 3.32. The minimum absolute atomic E-state index is 0.543. The zero-order valence-corrected chi connectivity index (χ0v) is 12.8. The van der Waals surface area contributed by atoms with Gasteiger partial charge in [0.05, 0.1) is 16.6 Å². The lowest BCUT2D eigenvalue weighted by molar-refractivity contribution is 0.271. The number of hydrogen-bond acceptors (Lipinski definition) is 3. The fraction of sp³-hybridized carbons (Fsp3) is 0.786. The van der Waals surface area contributed by atoms with Crippen molar-refractivity contribution in [2.45, 2.75) is 44.9 Å². The third kappa shape index (κ3) is 4.87. The lowest BCUT2D eigenvalue weighted by atomic mass is 10.2. The first-order valence-electron chi connectivity index (χ1n) is 7.03. The van der Waals surface area contributed by atoms with Gasteiger partial charge in [-0.2, -0.15) is 0 Å². The predicted molar refractivity (Wildman–Crippen MR) is 79.4 cm³/mol. The van der Waals surface area contributed by atoms with Crippen LogP contribution in [0.4, 0.5) is 0 Å². The molecule has 0 aliphatic heterocycles. The maximum Gasteiger partial charge on any atom is 0.0928 e. The van der Waals surface area contributed by atoms with E-state index in [1.54, 1.807) is 11.3 Å². The van der Waals surface area contributed by atoms with E-state index >= 15 is 0 Å². The topological polar surface area (TPSA) is 16.1 Å². The van der Waals surface area contributed by atoms with Crippen molar-refractivity contribution in [3.8, 4) is 0 Å². The quantitative estimate of drug-likeness (QED) is 0.505. The Morgan fingerprint density at radius 1 is 1.44 bits per heavy atom. The minimum Gasteiger partial charge on any atom is -0.303 e. The van der Waals surface area contributed by atoms with Gasteiger partial charge in [0.25, 0.3) is 0 Å². The number of rotatable bonds is 9. The third-order valence-corrected chi connectivity index (χ3v) is 4.74. The number of aryl methyl sites for hydroxylation is 1. The van der Waals surface area contributed by atoms with Gasteiger partial charge in [-0.1, -0.05) is 6.92 Å². The maximum absolute atomic E-state index is 5.75. The molecule has 0 atom stereocenters. The second kappa shape index (κ2) is 7.46. The van der Waals surface area contributed by atoms with Crippen LogP contribution in [-0.4, -0.2) is 29.5 Å². The van der Waals surface area contributed by atoms with Crippen molar-refractivity contribution in [1.82, 2.24) is 9.88 Å². The highest BCUT2D eigenvalue weighted by molar-refractivity contribution is 7.09. The number of halogens is 1. The number of alkyl halides is 1. The first-order chi connectivity index (χ1) is 8.81. The van der Waals surface area contributed by atoms with Crippen LogP contribution in [0.25, 0.3) is 0 Å². The molecular weight excluding hydrogens is 264 g/mol. The van der Waals surface area contributed by atoms with Gasteiger partial charge in [-0.05, 0) is 51.1 Å². The number of hydrogen-bond donors (Lipinski definition) is 0. The van der Waals surface area contributed by atoms with Gasteiger partial charge < -0.3 is 4.90 Å². The van der Waals surface area contributed by atoms with Crippen molar-refractivity contribution in [3.05, 3.63) is 16.1 Å². The number of nitrogens with zero attached hydrogens (tertiary/aromatic N) is 2. The van der Waals surface area contributed by atoms with E-state index in [1.165, 1.54) is 50.3 Å². The summed E-state index contributed by atoms with van der Waals surface area (Å²) in [6.45, 7) is 6.05. The Hall–Kier alpha value is -0.120. The second-order valence-electron chi connectivity index (χ2n) is 5.16. The van der Waals surface area contributed by atoms with Crippen LogP contribution >= 0.6 is 22.9 Å². The number of aromatic nitrogens is 1. The van der Waals surface area contributed by atoms with Crippen molar-refractivity contribution in [3.63, 3.8) is 0 Å². The van der Waals surface area contributed by atoms with E-state index in [2.05, 4.69) is 22.2 Å². The molecular formula is C14H23ClN2S. The van der Waals surface area contributed by atoms with Crippen LogP contribution in [0.15, 0.2) is 5.38 Å². The molecule has 2 rings (SSSR count). The van der Waals surface area contributed by atoms with Gasteiger partial charge in [-0.25, -0.2) is 4.98 Å². The van der Waals surface area contributed by atoms with E-state index in [0.717, 1.165) is 18.0 Å². The molecule has 102 valence electrons. The Kier molecular flexibility index (Phi) is 5.93. The molecule has 0 amide bonds. The van der Waals surface area contributed by atoms with Gasteiger partial charge in [0.15, 0.2) is 0 Å². The van der Waals surface area contributed by atoms with E-state index in [9.17, 15) is 0 Å². The summed E-state index contributed by atoms with van der Waals surface area (Å²) in [4.78, 5) is 7.10. The van der Waals surface area contributed by atoms with E-state index < -0.39 is 0 Å². The molecule has 0 N–H and O–H groups in total. The summed E-state index contributed by atoms with van der Waals surface area (Å²) in [6.07, 6.45) is 6.56. The lowest BCUT2D eigenvalue weighted by Gasteiger charge is -2.19. The van der Waals surface area contributed by atoms with E-state index in [0.29, 0.717) is 5.88 Å². The van der Waals surface area contributed by atoms with Gasteiger partial charge >= 0.3 is 0 Å². The molecule has 2 nitrogen and oxygen atoms in total. The monoisotopic (exact) mass is 286 g/mol. The smallest absolute Gasteiger partial charge is 0.0928 e. The van der Waals surface area contributed by atoms with Crippen LogP contribution in [-0.2, 0) is 12.3 Å². The molecule has 0 unspecified atom stereocenters. The number of unbranched alkanes of at least 4 members (excludes halogenated alkanes) is 1. The Morgan fingerprint density at radius 3 is 2.89 bits per heavy atom. The fourth-order valence-corrected chi connectivity index (χ4v) is 3.25. The largest absolute Gasteiger partial charge is 0.303 e. The molecule has 4 heteroatoms. The first kappa shape index (κ1) is 14.3. The molecule has 1 saturated carbocycles. The van der Waals surface area contributed by atoms with Crippen LogP contribution in [0, 0.1) is 5.92 Å². The molecule has 0 saturated heterocycles. The zero-order valence-electron chi connectivity index (χ0n) is 11.2. The molecule has 1 aliphatic carbocycles. The average Bonchev–Trinajstić information content (AvgIpc) is 3.09. The lowest BCUT2D eigenvalue weighted by Crippen LogP contribution is -2.26. The summed E-state index contributed by atoms with van der Waals surface area (Å²) >= 11 is 7.50. The molecule has 18 heavy (non-hydrogen) atoms. The van der Waals surface area contributed by atoms with Crippen LogP contribution in [0.5, 0.6) is 0 Å². The molecule has 0 bridgehead atoms. The molecule has 1 heterocycles. The van der Waals surface area contributed by atoms with Crippen LogP contribution < -0.4 is 0 Å².